The molecule has 3 nitrogen and oxygen atoms in total. The van der Waals surface area contributed by atoms with Gasteiger partial charge in [-0.1, -0.05) is 26.7 Å². The maximum Gasteiger partial charge on any atom is 0.110 e. The molecule has 3 rings (SSSR count). The average molecular weight is 247 g/mol. The molecule has 100 valence electrons. The van der Waals surface area contributed by atoms with Crippen LogP contribution in [0.4, 0.5) is 0 Å². The van der Waals surface area contributed by atoms with Crippen LogP contribution in [0.15, 0.2) is 0 Å². The van der Waals surface area contributed by atoms with Crippen molar-refractivity contribution in [2.24, 2.45) is 11.1 Å². The molecule has 1 fully saturated rings. The van der Waals surface area contributed by atoms with Gasteiger partial charge in [0.1, 0.15) is 5.82 Å². The fraction of sp³-hybridized carbons (Fsp3) is 0.800. The molecule has 0 aromatic carbocycles. The van der Waals surface area contributed by atoms with E-state index in [1.807, 2.05) is 0 Å². The molecule has 1 aromatic heterocycles. The summed E-state index contributed by atoms with van der Waals surface area (Å²) in [6.45, 7) is 4.79. The second-order valence-corrected chi connectivity index (χ2v) is 6.84. The molecule has 0 saturated heterocycles. The Morgan fingerprint density at radius 1 is 1.28 bits per heavy atom. The van der Waals surface area contributed by atoms with Gasteiger partial charge in [0.2, 0.25) is 0 Å². The van der Waals surface area contributed by atoms with Crippen molar-refractivity contribution >= 4 is 0 Å². The standard InChI is InChI=1S/C15H25N3/c1-15(2)8-4-3-5-11(15)14-17-12-7-6-10(16)9-13(12)18-14/h10-11H,3-9,16H2,1-2H3,(H,17,18). The number of aromatic amines is 1. The number of hydrogen-bond donors (Lipinski definition) is 2. The summed E-state index contributed by atoms with van der Waals surface area (Å²) in [5.41, 5.74) is 9.03. The molecular formula is C15H25N3. The van der Waals surface area contributed by atoms with Crippen molar-refractivity contribution in [1.82, 2.24) is 9.97 Å². The molecule has 0 aliphatic heterocycles. The first-order chi connectivity index (χ1) is 8.56. The minimum atomic E-state index is 0.324. The second-order valence-electron chi connectivity index (χ2n) is 6.84. The van der Waals surface area contributed by atoms with Crippen LogP contribution in [0.1, 0.15) is 69.1 Å². The number of nitrogens with zero attached hydrogens (tertiary/aromatic N) is 1. The lowest BCUT2D eigenvalue weighted by Gasteiger charge is -2.37. The quantitative estimate of drug-likeness (QED) is 0.801. The SMILES string of the molecule is CC1(C)CCCCC1c1nc2c([nH]1)CC(N)CC2. The van der Waals surface area contributed by atoms with E-state index in [-0.39, 0.29) is 0 Å². The zero-order chi connectivity index (χ0) is 12.8. The number of imidazole rings is 1. The predicted molar refractivity (Wildman–Crippen MR) is 73.6 cm³/mol. The first-order valence-corrected chi connectivity index (χ1v) is 7.39. The Labute approximate surface area is 110 Å². The molecule has 0 bridgehead atoms. The van der Waals surface area contributed by atoms with Gasteiger partial charge >= 0.3 is 0 Å². The molecule has 18 heavy (non-hydrogen) atoms. The van der Waals surface area contributed by atoms with Crippen LogP contribution >= 0.6 is 0 Å². The molecule has 1 heterocycles. The number of fused-ring (bicyclic) bond motifs is 1. The molecule has 1 saturated carbocycles. The third kappa shape index (κ3) is 2.09. The summed E-state index contributed by atoms with van der Waals surface area (Å²) in [6, 6.07) is 0.324. The molecule has 0 amide bonds. The molecule has 2 aliphatic rings. The van der Waals surface area contributed by atoms with Crippen molar-refractivity contribution in [2.75, 3.05) is 0 Å². The Balaban J connectivity index is 1.88. The topological polar surface area (TPSA) is 54.7 Å². The summed E-state index contributed by atoms with van der Waals surface area (Å²) in [7, 11) is 0. The van der Waals surface area contributed by atoms with Crippen molar-refractivity contribution in [3.05, 3.63) is 17.2 Å². The third-order valence-electron chi connectivity index (χ3n) is 4.94. The average Bonchev–Trinajstić information content (AvgIpc) is 2.70. The molecule has 0 radical (unpaired) electrons. The third-order valence-corrected chi connectivity index (χ3v) is 4.94. The number of nitrogens with two attached hydrogens (primary N) is 1. The maximum absolute atomic E-state index is 6.04. The van der Waals surface area contributed by atoms with Crippen LogP contribution in [-0.4, -0.2) is 16.0 Å². The highest BCUT2D eigenvalue weighted by Crippen LogP contribution is 2.46. The minimum absolute atomic E-state index is 0.324. The Morgan fingerprint density at radius 2 is 2.11 bits per heavy atom. The number of H-pyrrole nitrogens is 1. The van der Waals surface area contributed by atoms with Crippen molar-refractivity contribution in [3.63, 3.8) is 0 Å². The fourth-order valence-electron chi connectivity index (χ4n) is 3.70. The zero-order valence-corrected chi connectivity index (χ0v) is 11.6. The van der Waals surface area contributed by atoms with E-state index in [0.717, 1.165) is 19.3 Å². The number of rotatable bonds is 1. The molecule has 2 unspecified atom stereocenters. The van der Waals surface area contributed by atoms with Gasteiger partial charge in [0, 0.05) is 24.1 Å². The Hall–Kier alpha value is -0.830. The van der Waals surface area contributed by atoms with Gasteiger partial charge in [0.15, 0.2) is 0 Å². The molecule has 3 N–H and O–H groups in total. The fourth-order valence-corrected chi connectivity index (χ4v) is 3.70. The van der Waals surface area contributed by atoms with Gasteiger partial charge in [-0.3, -0.25) is 0 Å². The van der Waals surface area contributed by atoms with E-state index in [1.165, 1.54) is 42.9 Å². The first-order valence-electron chi connectivity index (χ1n) is 7.39. The summed E-state index contributed by atoms with van der Waals surface area (Å²) in [6.07, 6.45) is 8.45. The summed E-state index contributed by atoms with van der Waals surface area (Å²) < 4.78 is 0. The summed E-state index contributed by atoms with van der Waals surface area (Å²) in [5, 5.41) is 0. The Kier molecular flexibility index (Phi) is 2.97. The highest BCUT2D eigenvalue weighted by molar-refractivity contribution is 5.22. The van der Waals surface area contributed by atoms with E-state index in [4.69, 9.17) is 10.7 Å². The Bertz CT molecular complexity index is 433. The molecular weight excluding hydrogens is 222 g/mol. The summed E-state index contributed by atoms with van der Waals surface area (Å²) >= 11 is 0. The predicted octanol–water partition coefficient (Wildman–Crippen LogP) is 2.91. The molecule has 3 heteroatoms. The largest absolute Gasteiger partial charge is 0.345 e. The number of hydrogen-bond acceptors (Lipinski definition) is 2. The van der Waals surface area contributed by atoms with Crippen molar-refractivity contribution < 1.29 is 0 Å². The monoisotopic (exact) mass is 247 g/mol. The smallest absolute Gasteiger partial charge is 0.110 e. The zero-order valence-electron chi connectivity index (χ0n) is 11.6. The van der Waals surface area contributed by atoms with Crippen molar-refractivity contribution in [3.8, 4) is 0 Å². The van der Waals surface area contributed by atoms with Gasteiger partial charge in [-0.15, -0.1) is 0 Å². The van der Waals surface area contributed by atoms with Gasteiger partial charge in [0.25, 0.3) is 0 Å². The van der Waals surface area contributed by atoms with Gasteiger partial charge in [0.05, 0.1) is 5.69 Å². The normalized spacial score (nSPS) is 31.1. The lowest BCUT2D eigenvalue weighted by molar-refractivity contribution is 0.193. The van der Waals surface area contributed by atoms with Gasteiger partial charge in [-0.05, 0) is 31.1 Å². The number of nitrogens with one attached hydrogen (secondary N) is 1. The maximum atomic E-state index is 6.04. The second kappa shape index (κ2) is 4.37. The minimum Gasteiger partial charge on any atom is -0.345 e. The number of aromatic nitrogens is 2. The highest BCUT2D eigenvalue weighted by Gasteiger charge is 2.36. The summed E-state index contributed by atoms with van der Waals surface area (Å²) in [4.78, 5) is 8.49. The molecule has 2 atom stereocenters. The van der Waals surface area contributed by atoms with Crippen LogP contribution in [0.3, 0.4) is 0 Å². The van der Waals surface area contributed by atoms with Crippen molar-refractivity contribution in [1.29, 1.82) is 0 Å². The Morgan fingerprint density at radius 3 is 2.89 bits per heavy atom. The van der Waals surface area contributed by atoms with E-state index >= 15 is 0 Å². The van der Waals surface area contributed by atoms with Gasteiger partial charge in [-0.25, -0.2) is 4.98 Å². The van der Waals surface area contributed by atoms with Crippen LogP contribution in [0.2, 0.25) is 0 Å². The van der Waals surface area contributed by atoms with E-state index in [9.17, 15) is 0 Å². The highest BCUT2D eigenvalue weighted by atomic mass is 15.0. The lowest BCUT2D eigenvalue weighted by Crippen LogP contribution is -2.27. The molecule has 1 aromatic rings. The molecule has 0 spiro atoms. The van der Waals surface area contributed by atoms with Crippen LogP contribution in [0.5, 0.6) is 0 Å². The van der Waals surface area contributed by atoms with E-state index < -0.39 is 0 Å². The van der Waals surface area contributed by atoms with Gasteiger partial charge in [-0.2, -0.15) is 0 Å². The summed E-state index contributed by atoms with van der Waals surface area (Å²) in [5.74, 6) is 1.84. The first kappa shape index (κ1) is 12.2. The van der Waals surface area contributed by atoms with Crippen LogP contribution in [-0.2, 0) is 12.8 Å². The van der Waals surface area contributed by atoms with Crippen LogP contribution < -0.4 is 5.73 Å². The van der Waals surface area contributed by atoms with E-state index in [0.29, 0.717) is 17.4 Å². The van der Waals surface area contributed by atoms with Gasteiger partial charge < -0.3 is 10.7 Å². The molecule has 2 aliphatic carbocycles. The number of aryl methyl sites for hydroxylation is 1. The van der Waals surface area contributed by atoms with E-state index in [2.05, 4.69) is 18.8 Å². The van der Waals surface area contributed by atoms with E-state index in [1.54, 1.807) is 0 Å². The van der Waals surface area contributed by atoms with Crippen LogP contribution in [0, 0.1) is 5.41 Å². The van der Waals surface area contributed by atoms with Crippen molar-refractivity contribution in [2.45, 2.75) is 70.8 Å². The van der Waals surface area contributed by atoms with Crippen LogP contribution in [0.25, 0.3) is 0 Å². The lowest BCUT2D eigenvalue weighted by atomic mass is 9.68.